The summed E-state index contributed by atoms with van der Waals surface area (Å²) in [5.74, 6) is -0.567. The number of aromatic carboxylic acids is 1. The molecule has 0 unspecified atom stereocenters. The van der Waals surface area contributed by atoms with E-state index in [-0.39, 0.29) is 18.7 Å². The third kappa shape index (κ3) is 2.18. The third-order valence-corrected chi connectivity index (χ3v) is 2.31. The molecule has 0 bridgehead atoms. The Morgan fingerprint density at radius 2 is 2.24 bits per heavy atom. The maximum atomic E-state index is 11.0. The Morgan fingerprint density at radius 3 is 2.76 bits per heavy atom. The van der Waals surface area contributed by atoms with Crippen LogP contribution < -0.4 is 0 Å². The molecular weight excluding hydrogens is 224 g/mol. The van der Waals surface area contributed by atoms with Crippen LogP contribution in [0, 0.1) is 0 Å². The fourth-order valence-corrected chi connectivity index (χ4v) is 1.54. The zero-order chi connectivity index (χ0) is 12.4. The lowest BCUT2D eigenvalue weighted by Crippen LogP contribution is -2.04. The van der Waals surface area contributed by atoms with Crippen LogP contribution in [0.15, 0.2) is 18.5 Å². The second-order valence-electron chi connectivity index (χ2n) is 3.57. The van der Waals surface area contributed by atoms with Gasteiger partial charge in [0.1, 0.15) is 0 Å². The van der Waals surface area contributed by atoms with E-state index in [2.05, 4.69) is 10.2 Å². The average Bonchev–Trinajstić information content (AvgIpc) is 2.85. The summed E-state index contributed by atoms with van der Waals surface area (Å²) < 4.78 is 3.00. The zero-order valence-corrected chi connectivity index (χ0v) is 9.24. The van der Waals surface area contributed by atoms with Crippen LogP contribution >= 0.6 is 0 Å². The van der Waals surface area contributed by atoms with E-state index in [1.807, 2.05) is 0 Å². The summed E-state index contributed by atoms with van der Waals surface area (Å²) in [6.45, 7) is -0.117. The molecule has 0 aliphatic rings. The molecule has 0 aromatic carbocycles. The molecule has 0 atom stereocenters. The number of hydrogen-bond acceptors (Lipinski definition) is 4. The van der Waals surface area contributed by atoms with Gasteiger partial charge in [0.2, 0.25) is 0 Å². The number of rotatable bonds is 4. The van der Waals surface area contributed by atoms with Crippen molar-refractivity contribution in [2.75, 3.05) is 6.61 Å². The highest BCUT2D eigenvalue weighted by atomic mass is 16.4. The van der Waals surface area contributed by atoms with E-state index in [1.54, 1.807) is 30.2 Å². The van der Waals surface area contributed by atoms with Crippen molar-refractivity contribution in [1.29, 1.82) is 0 Å². The second-order valence-corrected chi connectivity index (χ2v) is 3.57. The van der Waals surface area contributed by atoms with Crippen molar-refractivity contribution >= 4 is 5.97 Å². The van der Waals surface area contributed by atoms with E-state index in [0.29, 0.717) is 11.4 Å². The summed E-state index contributed by atoms with van der Waals surface area (Å²) in [5, 5.41) is 25.9. The number of aliphatic hydroxyl groups excluding tert-OH is 1. The number of carbonyl (C=O) groups is 1. The minimum Gasteiger partial charge on any atom is -0.476 e. The van der Waals surface area contributed by atoms with Crippen LogP contribution in [-0.2, 0) is 13.5 Å². The molecule has 7 heteroatoms. The van der Waals surface area contributed by atoms with E-state index in [0.717, 1.165) is 0 Å². The first-order valence-corrected chi connectivity index (χ1v) is 5.04. The highest BCUT2D eigenvalue weighted by Crippen LogP contribution is 2.11. The Morgan fingerprint density at radius 1 is 1.47 bits per heavy atom. The van der Waals surface area contributed by atoms with Crippen molar-refractivity contribution in [1.82, 2.24) is 19.6 Å². The van der Waals surface area contributed by atoms with Crippen molar-refractivity contribution < 1.29 is 15.0 Å². The predicted octanol–water partition coefficient (Wildman–Crippen LogP) is -0.161. The topological polar surface area (TPSA) is 93.2 Å². The zero-order valence-electron chi connectivity index (χ0n) is 9.24. The quantitative estimate of drug-likeness (QED) is 0.769. The van der Waals surface area contributed by atoms with Crippen LogP contribution in [0.2, 0.25) is 0 Å². The summed E-state index contributed by atoms with van der Waals surface area (Å²) in [7, 11) is 1.76. The molecule has 0 aliphatic carbocycles. The van der Waals surface area contributed by atoms with Crippen molar-refractivity contribution in [2.24, 2.45) is 7.05 Å². The highest BCUT2D eigenvalue weighted by molar-refractivity contribution is 5.87. The molecule has 2 rings (SSSR count). The van der Waals surface area contributed by atoms with Crippen molar-refractivity contribution in [3.63, 3.8) is 0 Å². The van der Waals surface area contributed by atoms with Gasteiger partial charge < -0.3 is 10.2 Å². The van der Waals surface area contributed by atoms with Crippen LogP contribution in [-0.4, -0.2) is 42.4 Å². The average molecular weight is 236 g/mol. The van der Waals surface area contributed by atoms with Gasteiger partial charge in [-0.3, -0.25) is 4.68 Å². The molecule has 2 aromatic heterocycles. The van der Waals surface area contributed by atoms with Gasteiger partial charge in [-0.05, 0) is 6.42 Å². The van der Waals surface area contributed by atoms with Crippen LogP contribution in [0.5, 0.6) is 0 Å². The molecule has 0 amide bonds. The number of nitrogens with zero attached hydrogens (tertiary/aromatic N) is 4. The number of aromatic nitrogens is 4. The number of aryl methyl sites for hydroxylation is 1. The molecule has 0 fully saturated rings. The number of hydrogen-bond donors (Lipinski definition) is 2. The lowest BCUT2D eigenvalue weighted by atomic mass is 10.2. The lowest BCUT2D eigenvalue weighted by Gasteiger charge is -1.93. The molecule has 2 heterocycles. The first kappa shape index (κ1) is 11.3. The number of carboxylic acids is 1. The molecule has 0 saturated carbocycles. The Hall–Kier alpha value is -2.15. The van der Waals surface area contributed by atoms with Crippen molar-refractivity contribution in [3.05, 3.63) is 29.7 Å². The van der Waals surface area contributed by atoms with Gasteiger partial charge in [-0.25, -0.2) is 9.48 Å². The highest BCUT2D eigenvalue weighted by Gasteiger charge is 2.16. The molecule has 17 heavy (non-hydrogen) atoms. The monoisotopic (exact) mass is 236 g/mol. The van der Waals surface area contributed by atoms with Gasteiger partial charge in [-0.2, -0.15) is 10.2 Å². The summed E-state index contributed by atoms with van der Waals surface area (Å²) in [4.78, 5) is 11.0. The van der Waals surface area contributed by atoms with Gasteiger partial charge in [0, 0.05) is 37.7 Å². The molecule has 90 valence electrons. The van der Waals surface area contributed by atoms with Gasteiger partial charge in [0.15, 0.2) is 11.5 Å². The van der Waals surface area contributed by atoms with Crippen molar-refractivity contribution in [2.45, 2.75) is 6.42 Å². The molecule has 7 nitrogen and oxygen atoms in total. The van der Waals surface area contributed by atoms with Crippen LogP contribution in [0.25, 0.3) is 5.82 Å². The number of aliphatic hydroxyl groups is 1. The summed E-state index contributed by atoms with van der Waals surface area (Å²) >= 11 is 0. The largest absolute Gasteiger partial charge is 0.476 e. The first-order chi connectivity index (χ1) is 8.11. The smallest absolute Gasteiger partial charge is 0.356 e. The van der Waals surface area contributed by atoms with E-state index in [9.17, 15) is 4.79 Å². The van der Waals surface area contributed by atoms with Gasteiger partial charge in [0.05, 0.1) is 0 Å². The molecule has 0 radical (unpaired) electrons. The standard InChI is InChI=1S/C10H12N4O3/c1-13-4-2-8(11-13)14-6-7(3-5-15)9(12-14)10(16)17/h2,4,6,15H,3,5H2,1H3,(H,16,17). The van der Waals surface area contributed by atoms with Crippen molar-refractivity contribution in [3.8, 4) is 5.82 Å². The van der Waals surface area contributed by atoms with Crippen LogP contribution in [0.4, 0.5) is 0 Å². The maximum absolute atomic E-state index is 11.0. The van der Waals surface area contributed by atoms with E-state index < -0.39 is 5.97 Å². The first-order valence-electron chi connectivity index (χ1n) is 5.04. The van der Waals surface area contributed by atoms with E-state index in [1.165, 1.54) is 4.68 Å². The maximum Gasteiger partial charge on any atom is 0.356 e. The molecule has 0 saturated heterocycles. The predicted molar refractivity (Wildman–Crippen MR) is 58.1 cm³/mol. The van der Waals surface area contributed by atoms with Gasteiger partial charge in [-0.1, -0.05) is 0 Å². The fraction of sp³-hybridized carbons (Fsp3) is 0.300. The van der Waals surface area contributed by atoms with Crippen LogP contribution in [0.3, 0.4) is 0 Å². The minimum atomic E-state index is -1.11. The Bertz CT molecular complexity index is 543. The number of carboxylic acid groups (broad SMARTS) is 1. The lowest BCUT2D eigenvalue weighted by molar-refractivity contribution is 0.0688. The normalized spacial score (nSPS) is 10.7. The Balaban J connectivity index is 2.43. The Labute approximate surface area is 96.9 Å². The Kier molecular flexibility index (Phi) is 2.92. The minimum absolute atomic E-state index is 0.0512. The molecule has 2 N–H and O–H groups in total. The summed E-state index contributed by atoms with van der Waals surface area (Å²) in [5.41, 5.74) is 0.440. The second kappa shape index (κ2) is 4.38. The summed E-state index contributed by atoms with van der Waals surface area (Å²) in [6, 6.07) is 1.72. The van der Waals surface area contributed by atoms with Gasteiger partial charge in [-0.15, -0.1) is 0 Å². The SMILES string of the molecule is Cn1ccc(-n2cc(CCO)c(C(=O)O)n2)n1. The van der Waals surface area contributed by atoms with Gasteiger partial charge >= 0.3 is 5.97 Å². The third-order valence-electron chi connectivity index (χ3n) is 2.31. The molecule has 0 spiro atoms. The molecule has 0 aliphatic heterocycles. The molecule has 2 aromatic rings. The summed E-state index contributed by atoms with van der Waals surface area (Å²) in [6.07, 6.45) is 3.57. The van der Waals surface area contributed by atoms with Crippen LogP contribution in [0.1, 0.15) is 16.1 Å². The fourth-order valence-electron chi connectivity index (χ4n) is 1.54. The van der Waals surface area contributed by atoms with E-state index >= 15 is 0 Å². The van der Waals surface area contributed by atoms with Gasteiger partial charge in [0.25, 0.3) is 0 Å². The molecular formula is C10H12N4O3. The van der Waals surface area contributed by atoms with E-state index in [4.69, 9.17) is 10.2 Å².